The molecule has 0 atom stereocenters. The monoisotopic (exact) mass is 269 g/mol. The normalized spacial score (nSPS) is 9.79. The first-order valence-corrected chi connectivity index (χ1v) is 5.34. The zero-order valence-corrected chi connectivity index (χ0v) is 10.3. The topological polar surface area (TPSA) is 126 Å². The molecule has 19 heavy (non-hydrogen) atoms. The van der Waals surface area contributed by atoms with Crippen LogP contribution in [0.4, 0.5) is 0 Å². The lowest BCUT2D eigenvalue weighted by molar-refractivity contribution is -0.151. The minimum absolute atomic E-state index is 0.00489. The summed E-state index contributed by atoms with van der Waals surface area (Å²) in [7, 11) is 1.43. The summed E-state index contributed by atoms with van der Waals surface area (Å²) >= 11 is 0. The van der Waals surface area contributed by atoms with Gasteiger partial charge in [-0.1, -0.05) is 5.59 Å². The van der Waals surface area contributed by atoms with Gasteiger partial charge in [0.1, 0.15) is 0 Å². The van der Waals surface area contributed by atoms with Crippen molar-refractivity contribution in [3.63, 3.8) is 0 Å². The summed E-state index contributed by atoms with van der Waals surface area (Å²) in [6.45, 7) is 0.0762. The molecule has 0 unspecified atom stereocenters. The van der Waals surface area contributed by atoms with Crippen molar-refractivity contribution in [2.45, 2.75) is 6.42 Å². The molecule has 1 aromatic carbocycles. The highest BCUT2D eigenvalue weighted by atomic mass is 16.7. The van der Waals surface area contributed by atoms with Gasteiger partial charge in [-0.2, -0.15) is 0 Å². The summed E-state index contributed by atoms with van der Waals surface area (Å²) in [6, 6.07) is 4.49. The van der Waals surface area contributed by atoms with Gasteiger partial charge in [0.2, 0.25) is 5.91 Å². The number of hydrogen-bond acceptors (Lipinski definition) is 7. The van der Waals surface area contributed by atoms with Crippen LogP contribution in [0.2, 0.25) is 0 Å². The Bertz CT molecular complexity index is 464. The first kappa shape index (κ1) is 14.7. The Balaban J connectivity index is 2.63. The summed E-state index contributed by atoms with van der Waals surface area (Å²) in [5.74, 6) is 4.42. The summed E-state index contributed by atoms with van der Waals surface area (Å²) < 4.78 is 10.4. The quantitative estimate of drug-likeness (QED) is 0.449. The Hall–Kier alpha value is -2.32. The van der Waals surface area contributed by atoms with Gasteiger partial charge in [-0.05, 0) is 18.2 Å². The molecule has 8 heteroatoms. The van der Waals surface area contributed by atoms with Crippen LogP contribution in [0, 0.1) is 0 Å². The molecule has 0 bridgehead atoms. The number of benzene rings is 1. The second-order valence-electron chi connectivity index (χ2n) is 3.42. The van der Waals surface area contributed by atoms with E-state index < -0.39 is 11.9 Å². The lowest BCUT2D eigenvalue weighted by Crippen LogP contribution is -2.27. The molecule has 0 radical (unpaired) electrons. The van der Waals surface area contributed by atoms with Gasteiger partial charge in [-0.25, -0.2) is 5.84 Å². The fourth-order valence-corrected chi connectivity index (χ4v) is 1.30. The molecule has 0 aromatic heterocycles. The third-order valence-corrected chi connectivity index (χ3v) is 2.18. The summed E-state index contributed by atoms with van der Waals surface area (Å²) in [6.07, 6.45) is 0.00489. The van der Waals surface area contributed by atoms with E-state index in [1.807, 2.05) is 0 Å². The molecule has 0 fully saturated rings. The van der Waals surface area contributed by atoms with Crippen molar-refractivity contribution in [3.8, 4) is 11.5 Å². The van der Waals surface area contributed by atoms with Crippen LogP contribution in [0.25, 0.3) is 0 Å². The van der Waals surface area contributed by atoms with E-state index in [2.05, 4.69) is 4.84 Å². The van der Waals surface area contributed by atoms with Crippen LogP contribution < -0.4 is 26.6 Å². The minimum atomic E-state index is -0.567. The molecule has 0 saturated heterocycles. The maximum Gasteiger partial charge on any atom is 0.329 e. The minimum Gasteiger partial charge on any atom is -0.493 e. The van der Waals surface area contributed by atoms with Crippen LogP contribution in [-0.2, 0) is 9.63 Å². The fourth-order valence-electron chi connectivity index (χ4n) is 1.30. The fraction of sp³-hybridized carbons (Fsp3) is 0.273. The predicted octanol–water partition coefficient (Wildman–Crippen LogP) is -0.515. The Morgan fingerprint density at radius 3 is 2.63 bits per heavy atom. The van der Waals surface area contributed by atoms with Crippen molar-refractivity contribution in [2.24, 2.45) is 11.6 Å². The van der Waals surface area contributed by atoms with Gasteiger partial charge in [-0.3, -0.25) is 9.59 Å². The lowest BCUT2D eigenvalue weighted by atomic mass is 10.2. The molecule has 104 valence electrons. The SMILES string of the molecule is COc1cc(C(N)=O)ccc1OCCC(=O)ONN. The summed E-state index contributed by atoms with van der Waals surface area (Å²) in [5.41, 5.74) is 7.22. The summed E-state index contributed by atoms with van der Waals surface area (Å²) in [5, 5.41) is 0. The zero-order valence-electron chi connectivity index (χ0n) is 10.3. The van der Waals surface area contributed by atoms with E-state index in [1.54, 1.807) is 5.59 Å². The van der Waals surface area contributed by atoms with Crippen LogP contribution >= 0.6 is 0 Å². The van der Waals surface area contributed by atoms with Gasteiger partial charge in [0.25, 0.3) is 0 Å². The molecule has 0 spiro atoms. The number of amides is 1. The van der Waals surface area contributed by atoms with Crippen LogP contribution in [0.1, 0.15) is 16.8 Å². The molecule has 0 aliphatic rings. The number of rotatable bonds is 7. The largest absolute Gasteiger partial charge is 0.493 e. The Morgan fingerprint density at radius 2 is 2.05 bits per heavy atom. The average Bonchev–Trinajstić information content (AvgIpc) is 2.39. The van der Waals surface area contributed by atoms with Gasteiger partial charge in [0, 0.05) is 5.56 Å². The predicted molar refractivity (Wildman–Crippen MR) is 65.0 cm³/mol. The van der Waals surface area contributed by atoms with E-state index in [0.29, 0.717) is 17.1 Å². The Labute approximate surface area is 109 Å². The highest BCUT2D eigenvalue weighted by molar-refractivity contribution is 5.93. The Kier molecular flexibility index (Phi) is 5.58. The number of nitrogens with one attached hydrogen (secondary N) is 1. The second kappa shape index (κ2) is 7.19. The van der Waals surface area contributed by atoms with Crippen LogP contribution in [0.5, 0.6) is 11.5 Å². The number of carbonyl (C=O) groups is 2. The highest BCUT2D eigenvalue weighted by Gasteiger charge is 2.10. The first-order chi connectivity index (χ1) is 9.08. The molecule has 8 nitrogen and oxygen atoms in total. The lowest BCUT2D eigenvalue weighted by Gasteiger charge is -2.11. The van der Waals surface area contributed by atoms with Crippen molar-refractivity contribution in [1.82, 2.24) is 5.59 Å². The van der Waals surface area contributed by atoms with E-state index in [1.165, 1.54) is 25.3 Å². The van der Waals surface area contributed by atoms with Gasteiger partial charge in [0.05, 0.1) is 20.1 Å². The standard InChI is InChI=1S/C11H15N3O5/c1-17-9-6-7(11(12)16)2-3-8(9)18-5-4-10(15)19-14-13/h2-3,6,14H,4-5,13H2,1H3,(H2,12,16). The van der Waals surface area contributed by atoms with E-state index in [4.69, 9.17) is 21.1 Å². The number of nitrogens with two attached hydrogens (primary N) is 2. The molecular weight excluding hydrogens is 254 g/mol. The molecule has 1 aromatic rings. The number of ether oxygens (including phenoxy) is 2. The van der Waals surface area contributed by atoms with Crippen molar-refractivity contribution in [2.75, 3.05) is 13.7 Å². The number of methoxy groups -OCH3 is 1. The maximum absolute atomic E-state index is 11.0. The van der Waals surface area contributed by atoms with Gasteiger partial charge in [0.15, 0.2) is 11.5 Å². The third-order valence-electron chi connectivity index (χ3n) is 2.18. The number of hydrazine groups is 1. The average molecular weight is 269 g/mol. The highest BCUT2D eigenvalue weighted by Crippen LogP contribution is 2.27. The first-order valence-electron chi connectivity index (χ1n) is 5.34. The van der Waals surface area contributed by atoms with E-state index >= 15 is 0 Å². The number of hydrogen-bond donors (Lipinski definition) is 3. The van der Waals surface area contributed by atoms with Gasteiger partial charge < -0.3 is 20.0 Å². The second-order valence-corrected chi connectivity index (χ2v) is 3.42. The van der Waals surface area contributed by atoms with Crippen molar-refractivity contribution in [3.05, 3.63) is 23.8 Å². The molecule has 5 N–H and O–H groups in total. The molecule has 1 rings (SSSR count). The smallest absolute Gasteiger partial charge is 0.329 e. The summed E-state index contributed by atoms with van der Waals surface area (Å²) in [4.78, 5) is 26.3. The van der Waals surface area contributed by atoms with Crippen molar-refractivity contribution < 1.29 is 23.9 Å². The van der Waals surface area contributed by atoms with Crippen molar-refractivity contribution >= 4 is 11.9 Å². The van der Waals surface area contributed by atoms with E-state index in [9.17, 15) is 9.59 Å². The molecule has 0 saturated carbocycles. The molecular formula is C11H15N3O5. The Morgan fingerprint density at radius 1 is 1.32 bits per heavy atom. The maximum atomic E-state index is 11.0. The number of primary amides is 1. The van der Waals surface area contributed by atoms with Gasteiger partial charge in [-0.15, -0.1) is 0 Å². The van der Waals surface area contributed by atoms with Crippen molar-refractivity contribution in [1.29, 1.82) is 0 Å². The molecule has 0 heterocycles. The van der Waals surface area contributed by atoms with E-state index in [-0.39, 0.29) is 13.0 Å². The zero-order chi connectivity index (χ0) is 14.3. The van der Waals surface area contributed by atoms with E-state index in [0.717, 1.165) is 0 Å². The van der Waals surface area contributed by atoms with Crippen LogP contribution in [-0.4, -0.2) is 25.6 Å². The van der Waals surface area contributed by atoms with Gasteiger partial charge >= 0.3 is 5.97 Å². The molecule has 1 amide bonds. The third kappa shape index (κ3) is 4.45. The molecule has 0 aliphatic carbocycles. The molecule has 0 aliphatic heterocycles. The van der Waals surface area contributed by atoms with Crippen LogP contribution in [0.15, 0.2) is 18.2 Å². The van der Waals surface area contributed by atoms with Crippen LogP contribution in [0.3, 0.4) is 0 Å². The number of carbonyl (C=O) groups excluding carboxylic acids is 2.